The third kappa shape index (κ3) is 4.87. The molecule has 0 aromatic heterocycles. The van der Waals surface area contributed by atoms with E-state index in [-0.39, 0.29) is 0 Å². The van der Waals surface area contributed by atoms with Crippen molar-refractivity contribution in [2.45, 2.75) is 57.4 Å². The van der Waals surface area contributed by atoms with Crippen molar-refractivity contribution >= 4 is 11.6 Å². The molecule has 1 heterocycles. The monoisotopic (exact) mass is 204 g/mol. The molecule has 0 radical (unpaired) electrons. The van der Waals surface area contributed by atoms with Crippen LogP contribution in [0.4, 0.5) is 0 Å². The van der Waals surface area contributed by atoms with Crippen LogP contribution >= 0.6 is 11.6 Å². The summed E-state index contributed by atoms with van der Waals surface area (Å²) in [5.41, 5.74) is 0. The van der Waals surface area contributed by atoms with Crippen molar-refractivity contribution in [3.8, 4) is 0 Å². The van der Waals surface area contributed by atoms with E-state index in [1.807, 2.05) is 0 Å². The molecular weight excluding hydrogens is 184 g/mol. The topological polar surface area (TPSA) is 9.23 Å². The molecule has 1 aliphatic heterocycles. The molecule has 0 N–H and O–H groups in total. The van der Waals surface area contributed by atoms with Crippen LogP contribution in [0, 0.1) is 5.92 Å². The maximum Gasteiger partial charge on any atom is 0.0576 e. The predicted octanol–water partition coefficient (Wildman–Crippen LogP) is 3.60. The normalized spacial score (nSPS) is 25.4. The maximum absolute atomic E-state index is 6.20. The van der Waals surface area contributed by atoms with Crippen molar-refractivity contribution in [3.05, 3.63) is 0 Å². The highest BCUT2D eigenvalue weighted by atomic mass is 35.5. The van der Waals surface area contributed by atoms with E-state index in [0.717, 1.165) is 25.9 Å². The first-order valence-corrected chi connectivity index (χ1v) is 5.87. The quantitative estimate of drug-likeness (QED) is 0.622. The minimum absolute atomic E-state index is 0.351. The zero-order chi connectivity index (χ0) is 9.68. The molecule has 0 aliphatic carbocycles. The highest BCUT2D eigenvalue weighted by Gasteiger charge is 2.17. The van der Waals surface area contributed by atoms with Gasteiger partial charge < -0.3 is 4.74 Å². The first-order chi connectivity index (χ1) is 6.18. The lowest BCUT2D eigenvalue weighted by atomic mass is 10.0. The lowest BCUT2D eigenvalue weighted by Gasteiger charge is -2.14. The third-order valence-electron chi connectivity index (χ3n) is 2.55. The number of hydrogen-bond donors (Lipinski definition) is 0. The van der Waals surface area contributed by atoms with Crippen molar-refractivity contribution in [2.24, 2.45) is 5.92 Å². The summed E-state index contributed by atoms with van der Waals surface area (Å²) < 4.78 is 5.55. The second-order valence-electron chi connectivity index (χ2n) is 4.44. The van der Waals surface area contributed by atoms with Crippen LogP contribution in [0.15, 0.2) is 0 Å². The Morgan fingerprint density at radius 2 is 2.23 bits per heavy atom. The second-order valence-corrected chi connectivity index (χ2v) is 5.06. The van der Waals surface area contributed by atoms with Crippen LogP contribution in [0.25, 0.3) is 0 Å². The van der Waals surface area contributed by atoms with E-state index in [4.69, 9.17) is 16.3 Å². The van der Waals surface area contributed by atoms with Crippen molar-refractivity contribution < 1.29 is 4.74 Å². The highest BCUT2D eigenvalue weighted by Crippen LogP contribution is 2.22. The molecule has 2 heteroatoms. The molecular formula is C11H21ClO. The number of halogens is 1. The molecule has 0 bridgehead atoms. The first kappa shape index (κ1) is 11.3. The standard InChI is InChI=1S/C11H21ClO/c1-9(2)8-10(12)5-6-11-4-3-7-13-11/h9-11H,3-8H2,1-2H3. The molecule has 0 spiro atoms. The van der Waals surface area contributed by atoms with Gasteiger partial charge in [-0.3, -0.25) is 0 Å². The van der Waals surface area contributed by atoms with E-state index < -0.39 is 0 Å². The van der Waals surface area contributed by atoms with Gasteiger partial charge in [0.15, 0.2) is 0 Å². The number of hydrogen-bond acceptors (Lipinski definition) is 1. The zero-order valence-electron chi connectivity index (χ0n) is 8.76. The summed E-state index contributed by atoms with van der Waals surface area (Å²) in [5, 5.41) is 0.351. The van der Waals surface area contributed by atoms with E-state index >= 15 is 0 Å². The molecule has 1 aliphatic rings. The SMILES string of the molecule is CC(C)CC(Cl)CCC1CCCO1. The van der Waals surface area contributed by atoms with Gasteiger partial charge in [0.05, 0.1) is 6.10 Å². The van der Waals surface area contributed by atoms with Crippen LogP contribution in [0.3, 0.4) is 0 Å². The summed E-state index contributed by atoms with van der Waals surface area (Å²) in [5.74, 6) is 0.715. The minimum Gasteiger partial charge on any atom is -0.378 e. The van der Waals surface area contributed by atoms with Gasteiger partial charge in [0.1, 0.15) is 0 Å². The van der Waals surface area contributed by atoms with Crippen LogP contribution in [-0.4, -0.2) is 18.1 Å². The van der Waals surface area contributed by atoms with Crippen molar-refractivity contribution in [1.82, 2.24) is 0 Å². The maximum atomic E-state index is 6.20. The van der Waals surface area contributed by atoms with Gasteiger partial charge in [-0.25, -0.2) is 0 Å². The van der Waals surface area contributed by atoms with Crippen molar-refractivity contribution in [1.29, 1.82) is 0 Å². The molecule has 2 atom stereocenters. The molecule has 13 heavy (non-hydrogen) atoms. The third-order valence-corrected chi connectivity index (χ3v) is 2.95. The van der Waals surface area contributed by atoms with E-state index in [1.165, 1.54) is 12.8 Å². The molecule has 0 aromatic rings. The highest BCUT2D eigenvalue weighted by molar-refractivity contribution is 6.20. The first-order valence-electron chi connectivity index (χ1n) is 5.44. The Morgan fingerprint density at radius 1 is 1.46 bits per heavy atom. The Bertz CT molecular complexity index is 130. The molecule has 1 saturated heterocycles. The molecule has 0 saturated carbocycles. The molecule has 2 unspecified atom stereocenters. The second kappa shape index (κ2) is 5.87. The Balaban J connectivity index is 2.03. The van der Waals surface area contributed by atoms with Gasteiger partial charge in [-0.1, -0.05) is 13.8 Å². The molecule has 1 fully saturated rings. The average molecular weight is 205 g/mol. The predicted molar refractivity (Wildman–Crippen MR) is 57.3 cm³/mol. The Hall–Kier alpha value is 0.250. The van der Waals surface area contributed by atoms with E-state index in [1.54, 1.807) is 0 Å². The largest absolute Gasteiger partial charge is 0.378 e. The Labute approximate surface area is 86.8 Å². The minimum atomic E-state index is 0.351. The van der Waals surface area contributed by atoms with Gasteiger partial charge in [-0.2, -0.15) is 0 Å². The van der Waals surface area contributed by atoms with E-state index in [9.17, 15) is 0 Å². The fourth-order valence-electron chi connectivity index (χ4n) is 1.87. The smallest absolute Gasteiger partial charge is 0.0576 e. The van der Waals surface area contributed by atoms with Crippen molar-refractivity contribution in [2.75, 3.05) is 6.61 Å². The van der Waals surface area contributed by atoms with Gasteiger partial charge in [0.25, 0.3) is 0 Å². The molecule has 0 amide bonds. The average Bonchev–Trinajstić information content (AvgIpc) is 2.51. The van der Waals surface area contributed by atoms with Gasteiger partial charge in [-0.15, -0.1) is 11.6 Å². The van der Waals surface area contributed by atoms with Crippen LogP contribution in [0.2, 0.25) is 0 Å². The molecule has 1 nitrogen and oxygen atoms in total. The van der Waals surface area contributed by atoms with Crippen LogP contribution in [-0.2, 0) is 4.74 Å². The van der Waals surface area contributed by atoms with E-state index in [2.05, 4.69) is 13.8 Å². The summed E-state index contributed by atoms with van der Waals surface area (Å²) >= 11 is 6.20. The molecule has 0 aromatic carbocycles. The van der Waals surface area contributed by atoms with Gasteiger partial charge in [0.2, 0.25) is 0 Å². The van der Waals surface area contributed by atoms with Crippen LogP contribution in [0.5, 0.6) is 0 Å². The van der Waals surface area contributed by atoms with Crippen LogP contribution < -0.4 is 0 Å². The Morgan fingerprint density at radius 3 is 2.77 bits per heavy atom. The fraction of sp³-hybridized carbons (Fsp3) is 1.00. The van der Waals surface area contributed by atoms with Gasteiger partial charge >= 0.3 is 0 Å². The van der Waals surface area contributed by atoms with Crippen LogP contribution in [0.1, 0.15) is 46.0 Å². The van der Waals surface area contributed by atoms with Gasteiger partial charge in [0, 0.05) is 12.0 Å². The summed E-state index contributed by atoms with van der Waals surface area (Å²) in [6.45, 7) is 5.41. The molecule has 78 valence electrons. The fourth-order valence-corrected chi connectivity index (χ4v) is 2.35. The number of rotatable bonds is 5. The van der Waals surface area contributed by atoms with Gasteiger partial charge in [-0.05, 0) is 38.0 Å². The molecule has 1 rings (SSSR count). The summed E-state index contributed by atoms with van der Waals surface area (Å²) in [4.78, 5) is 0. The number of ether oxygens (including phenoxy) is 1. The number of alkyl halides is 1. The summed E-state index contributed by atoms with van der Waals surface area (Å²) in [7, 11) is 0. The Kier molecular flexibility index (Phi) is 5.12. The lowest BCUT2D eigenvalue weighted by Crippen LogP contribution is -2.10. The summed E-state index contributed by atoms with van der Waals surface area (Å²) in [6.07, 6.45) is 6.39. The lowest BCUT2D eigenvalue weighted by molar-refractivity contribution is 0.102. The zero-order valence-corrected chi connectivity index (χ0v) is 9.52. The van der Waals surface area contributed by atoms with E-state index in [0.29, 0.717) is 17.4 Å². The summed E-state index contributed by atoms with van der Waals surface area (Å²) in [6, 6.07) is 0. The van der Waals surface area contributed by atoms with Crippen molar-refractivity contribution in [3.63, 3.8) is 0 Å².